The molecule has 0 bridgehead atoms. The van der Waals surface area contributed by atoms with E-state index in [9.17, 15) is 0 Å². The van der Waals surface area contributed by atoms with Gasteiger partial charge < -0.3 is 16.4 Å². The molecule has 0 fully saturated rings. The number of anilines is 3. The Bertz CT molecular complexity index is 538. The van der Waals surface area contributed by atoms with Gasteiger partial charge in [-0.05, 0) is 13.8 Å². The molecule has 6 nitrogen and oxygen atoms in total. The molecular formula is C11H16N6S. The summed E-state index contributed by atoms with van der Waals surface area (Å²) < 4.78 is 0. The van der Waals surface area contributed by atoms with E-state index in [-0.39, 0.29) is 12.0 Å². The van der Waals surface area contributed by atoms with Gasteiger partial charge in [-0.15, -0.1) is 11.3 Å². The summed E-state index contributed by atoms with van der Waals surface area (Å²) in [6.07, 6.45) is 0. The predicted octanol–water partition coefficient (Wildman–Crippen LogP) is 2.04. The molecule has 2 heterocycles. The maximum absolute atomic E-state index is 5.64. The van der Waals surface area contributed by atoms with Crippen molar-refractivity contribution in [3.63, 3.8) is 0 Å². The standard InChI is InChI=1S/C11H16N6S/c1-6-5-18-10(14-6)7(2)15-9-4-8(13-3)16-11(12)17-9/h4-5,7H,1-3H3,(H4,12,13,15,16,17). The zero-order valence-electron chi connectivity index (χ0n) is 10.6. The van der Waals surface area contributed by atoms with Crippen molar-refractivity contribution in [2.45, 2.75) is 19.9 Å². The molecule has 0 spiro atoms. The predicted molar refractivity (Wildman–Crippen MR) is 74.9 cm³/mol. The van der Waals surface area contributed by atoms with E-state index in [1.165, 1.54) is 0 Å². The second-order valence-corrected chi connectivity index (χ2v) is 4.83. The molecule has 0 saturated heterocycles. The third-order valence-corrected chi connectivity index (χ3v) is 3.52. The summed E-state index contributed by atoms with van der Waals surface area (Å²) in [5.74, 6) is 1.62. The van der Waals surface area contributed by atoms with Crippen LogP contribution in [-0.4, -0.2) is 22.0 Å². The first-order valence-electron chi connectivity index (χ1n) is 5.59. The number of thiazole rings is 1. The van der Waals surface area contributed by atoms with Crippen molar-refractivity contribution >= 4 is 28.9 Å². The zero-order chi connectivity index (χ0) is 13.1. The summed E-state index contributed by atoms with van der Waals surface area (Å²) in [7, 11) is 1.79. The van der Waals surface area contributed by atoms with Crippen molar-refractivity contribution in [2.75, 3.05) is 23.4 Å². The lowest BCUT2D eigenvalue weighted by Crippen LogP contribution is -2.10. The minimum absolute atomic E-state index is 0.0858. The highest BCUT2D eigenvalue weighted by atomic mass is 32.1. The van der Waals surface area contributed by atoms with Crippen LogP contribution < -0.4 is 16.4 Å². The smallest absolute Gasteiger partial charge is 0.223 e. The van der Waals surface area contributed by atoms with Gasteiger partial charge in [-0.3, -0.25) is 0 Å². The second kappa shape index (κ2) is 5.18. The summed E-state index contributed by atoms with van der Waals surface area (Å²) in [5.41, 5.74) is 6.67. The Labute approximate surface area is 110 Å². The average Bonchev–Trinajstić information content (AvgIpc) is 2.75. The fourth-order valence-electron chi connectivity index (χ4n) is 1.52. The Hall–Kier alpha value is -1.89. The molecule has 2 aromatic rings. The molecule has 96 valence electrons. The van der Waals surface area contributed by atoms with Crippen molar-refractivity contribution in [1.29, 1.82) is 0 Å². The number of nitrogens with two attached hydrogens (primary N) is 1. The molecule has 18 heavy (non-hydrogen) atoms. The number of aryl methyl sites for hydroxylation is 1. The highest BCUT2D eigenvalue weighted by Gasteiger charge is 2.11. The van der Waals surface area contributed by atoms with Gasteiger partial charge in [0, 0.05) is 24.2 Å². The molecule has 1 atom stereocenters. The molecule has 2 aromatic heterocycles. The van der Waals surface area contributed by atoms with Crippen LogP contribution >= 0.6 is 11.3 Å². The molecule has 4 N–H and O–H groups in total. The SMILES string of the molecule is CNc1cc(NC(C)c2nc(C)cs2)nc(N)n1. The molecule has 0 aliphatic carbocycles. The van der Waals surface area contributed by atoms with Gasteiger partial charge in [0.05, 0.1) is 6.04 Å². The minimum Gasteiger partial charge on any atom is -0.373 e. The van der Waals surface area contributed by atoms with Crippen molar-refractivity contribution in [2.24, 2.45) is 0 Å². The quantitative estimate of drug-likeness (QED) is 0.783. The largest absolute Gasteiger partial charge is 0.373 e. The normalized spacial score (nSPS) is 12.2. The molecule has 0 radical (unpaired) electrons. The molecule has 0 saturated carbocycles. The van der Waals surface area contributed by atoms with Crippen LogP contribution in [0, 0.1) is 6.92 Å². The maximum Gasteiger partial charge on any atom is 0.223 e. The molecular weight excluding hydrogens is 248 g/mol. The lowest BCUT2D eigenvalue weighted by molar-refractivity contribution is 0.854. The van der Waals surface area contributed by atoms with Crippen molar-refractivity contribution < 1.29 is 0 Å². The van der Waals surface area contributed by atoms with Crippen LogP contribution in [-0.2, 0) is 0 Å². The lowest BCUT2D eigenvalue weighted by atomic mass is 10.3. The van der Waals surface area contributed by atoms with E-state index in [2.05, 4.69) is 25.6 Å². The third kappa shape index (κ3) is 2.86. The van der Waals surface area contributed by atoms with Gasteiger partial charge in [-0.1, -0.05) is 0 Å². The fraction of sp³-hybridized carbons (Fsp3) is 0.364. The van der Waals surface area contributed by atoms with Crippen LogP contribution in [0.3, 0.4) is 0 Å². The Balaban J connectivity index is 2.16. The molecule has 0 amide bonds. The van der Waals surface area contributed by atoms with Gasteiger partial charge in [0.15, 0.2) is 0 Å². The second-order valence-electron chi connectivity index (χ2n) is 3.94. The number of rotatable bonds is 4. The van der Waals surface area contributed by atoms with E-state index in [4.69, 9.17) is 5.73 Å². The van der Waals surface area contributed by atoms with Gasteiger partial charge in [0.1, 0.15) is 16.6 Å². The first-order chi connectivity index (χ1) is 8.58. The van der Waals surface area contributed by atoms with Gasteiger partial charge in [-0.25, -0.2) is 4.98 Å². The summed E-state index contributed by atoms with van der Waals surface area (Å²) >= 11 is 1.63. The fourth-order valence-corrected chi connectivity index (χ4v) is 2.33. The topological polar surface area (TPSA) is 88.8 Å². The van der Waals surface area contributed by atoms with Crippen LogP contribution in [0.25, 0.3) is 0 Å². The van der Waals surface area contributed by atoms with Crippen molar-refractivity contribution in [3.05, 3.63) is 22.1 Å². The Morgan fingerprint density at radius 3 is 2.61 bits per heavy atom. The number of hydrogen-bond donors (Lipinski definition) is 3. The first kappa shape index (κ1) is 12.6. The minimum atomic E-state index is 0.0858. The molecule has 0 aromatic carbocycles. The van der Waals surface area contributed by atoms with Crippen molar-refractivity contribution in [3.8, 4) is 0 Å². The monoisotopic (exact) mass is 264 g/mol. The van der Waals surface area contributed by atoms with Crippen LogP contribution in [0.5, 0.6) is 0 Å². The molecule has 0 aliphatic rings. The highest BCUT2D eigenvalue weighted by Crippen LogP contribution is 2.22. The average molecular weight is 264 g/mol. The number of nitrogen functional groups attached to an aromatic ring is 1. The summed E-state index contributed by atoms with van der Waals surface area (Å²) in [4.78, 5) is 12.6. The maximum atomic E-state index is 5.64. The number of hydrogen-bond acceptors (Lipinski definition) is 7. The highest BCUT2D eigenvalue weighted by molar-refractivity contribution is 7.09. The Morgan fingerprint density at radius 1 is 1.28 bits per heavy atom. The summed E-state index contributed by atoms with van der Waals surface area (Å²) in [6, 6.07) is 1.90. The van der Waals surface area contributed by atoms with Gasteiger partial charge in [-0.2, -0.15) is 9.97 Å². The molecule has 7 heteroatoms. The summed E-state index contributed by atoms with van der Waals surface area (Å²) in [5, 5.41) is 9.26. The molecule has 0 aliphatic heterocycles. The number of aromatic nitrogens is 3. The summed E-state index contributed by atoms with van der Waals surface area (Å²) in [6.45, 7) is 4.02. The van der Waals surface area contributed by atoms with E-state index < -0.39 is 0 Å². The molecule has 2 rings (SSSR count). The van der Waals surface area contributed by atoms with Crippen LogP contribution in [0.4, 0.5) is 17.6 Å². The van der Waals surface area contributed by atoms with E-state index >= 15 is 0 Å². The van der Waals surface area contributed by atoms with Crippen molar-refractivity contribution in [1.82, 2.24) is 15.0 Å². The van der Waals surface area contributed by atoms with Crippen LogP contribution in [0.1, 0.15) is 23.7 Å². The Kier molecular flexibility index (Phi) is 3.61. The van der Waals surface area contributed by atoms with Crippen LogP contribution in [0.2, 0.25) is 0 Å². The first-order valence-corrected chi connectivity index (χ1v) is 6.47. The lowest BCUT2D eigenvalue weighted by Gasteiger charge is -2.13. The van der Waals surface area contributed by atoms with E-state index in [1.807, 2.05) is 25.3 Å². The van der Waals surface area contributed by atoms with Gasteiger partial charge in [0.2, 0.25) is 5.95 Å². The van der Waals surface area contributed by atoms with Crippen LogP contribution in [0.15, 0.2) is 11.4 Å². The van der Waals surface area contributed by atoms with Gasteiger partial charge >= 0.3 is 0 Å². The van der Waals surface area contributed by atoms with E-state index in [0.29, 0.717) is 11.6 Å². The van der Waals surface area contributed by atoms with E-state index in [0.717, 1.165) is 10.7 Å². The Morgan fingerprint density at radius 2 is 2.00 bits per heavy atom. The molecule has 1 unspecified atom stereocenters. The van der Waals surface area contributed by atoms with Gasteiger partial charge in [0.25, 0.3) is 0 Å². The third-order valence-electron chi connectivity index (χ3n) is 2.37. The van der Waals surface area contributed by atoms with E-state index in [1.54, 1.807) is 18.4 Å². The number of nitrogens with one attached hydrogen (secondary N) is 2. The number of nitrogens with zero attached hydrogens (tertiary/aromatic N) is 3. The zero-order valence-corrected chi connectivity index (χ0v) is 11.4.